The van der Waals surface area contributed by atoms with Gasteiger partial charge in [-0.1, -0.05) is 96.8 Å². The van der Waals surface area contributed by atoms with Gasteiger partial charge >= 0.3 is 17.9 Å². The fraction of sp³-hybridized carbons (Fsp3) is 0.893. The number of esters is 2. The van der Waals surface area contributed by atoms with Gasteiger partial charge in [0.05, 0.1) is 19.6 Å². The molecule has 0 heterocycles. The average molecular weight is 567 g/mol. The van der Waals surface area contributed by atoms with Crippen LogP contribution < -0.4 is 0 Å². The molecule has 0 aromatic carbocycles. The van der Waals surface area contributed by atoms with Crippen LogP contribution in [0.1, 0.15) is 116 Å². The van der Waals surface area contributed by atoms with E-state index >= 15 is 0 Å². The van der Waals surface area contributed by atoms with E-state index in [0.717, 1.165) is 12.8 Å². The monoisotopic (exact) mass is 566 g/mol. The highest BCUT2D eigenvalue weighted by Crippen LogP contribution is 2.13. The Morgan fingerprint density at radius 3 is 1.38 bits per heavy atom. The van der Waals surface area contributed by atoms with Gasteiger partial charge in [-0.25, -0.2) is 4.79 Å². The Bertz CT molecular complexity index is 586. The average Bonchev–Trinajstić information content (AvgIpc) is 2.92. The van der Waals surface area contributed by atoms with Crippen LogP contribution in [-0.4, -0.2) is 93.3 Å². The summed E-state index contributed by atoms with van der Waals surface area (Å²) in [5.41, 5.74) is 0. The van der Waals surface area contributed by atoms with Crippen molar-refractivity contribution in [3.63, 3.8) is 0 Å². The van der Waals surface area contributed by atoms with Crippen molar-refractivity contribution in [1.29, 1.82) is 0 Å². The predicted molar refractivity (Wildman–Crippen MR) is 146 cm³/mol. The number of ether oxygens (including phenoxy) is 2. The first-order valence-corrected chi connectivity index (χ1v) is 14.5. The molecule has 0 aliphatic rings. The number of unbranched alkanes of at least 4 members (excludes halogenated alkanes) is 14. The first-order valence-electron chi connectivity index (χ1n) is 14.5. The standard InChI is InChI=1S/C18H36O2.C10H18O9/c1-2-3-4-5-6-7-8-9-10-11-12-13-14-15-16-17-18(19)20;11-2-6(13)4-18-9(16)1-8(15)10(17)19-5-7(14)3-12/h2-17H2,1H3,(H,19,20);6-8,11-15H,1-5H2. The quantitative estimate of drug-likeness (QED) is 0.0703. The summed E-state index contributed by atoms with van der Waals surface area (Å²) >= 11 is 0. The lowest BCUT2D eigenvalue weighted by Crippen LogP contribution is -2.31. The topological polar surface area (TPSA) is 191 Å². The summed E-state index contributed by atoms with van der Waals surface area (Å²) in [6.07, 6.45) is 15.2. The van der Waals surface area contributed by atoms with Crippen LogP contribution in [-0.2, 0) is 23.9 Å². The molecular weight excluding hydrogens is 512 g/mol. The highest BCUT2D eigenvalue weighted by Gasteiger charge is 2.22. The highest BCUT2D eigenvalue weighted by atomic mass is 16.6. The number of aliphatic hydroxyl groups excluding tert-OH is 5. The van der Waals surface area contributed by atoms with Crippen molar-refractivity contribution in [3.8, 4) is 0 Å². The van der Waals surface area contributed by atoms with Gasteiger partial charge in [-0.15, -0.1) is 0 Å². The van der Waals surface area contributed by atoms with E-state index in [1.165, 1.54) is 83.5 Å². The van der Waals surface area contributed by atoms with Gasteiger partial charge in [-0.05, 0) is 6.42 Å². The fourth-order valence-corrected chi connectivity index (χ4v) is 3.52. The maximum Gasteiger partial charge on any atom is 0.335 e. The minimum Gasteiger partial charge on any atom is -0.481 e. The Kier molecular flexibility index (Phi) is 29.5. The second-order valence-electron chi connectivity index (χ2n) is 9.80. The predicted octanol–water partition coefficient (Wildman–Crippen LogP) is 2.86. The van der Waals surface area contributed by atoms with Gasteiger partial charge in [0.2, 0.25) is 0 Å². The molecule has 0 rings (SSSR count). The summed E-state index contributed by atoms with van der Waals surface area (Å²) < 4.78 is 8.86. The largest absolute Gasteiger partial charge is 0.481 e. The molecule has 0 radical (unpaired) electrons. The number of carbonyl (C=O) groups excluding carboxylic acids is 2. The van der Waals surface area contributed by atoms with Gasteiger partial charge < -0.3 is 40.1 Å². The Hall–Kier alpha value is -1.79. The molecule has 0 aromatic rings. The van der Waals surface area contributed by atoms with Gasteiger partial charge in [0.15, 0.2) is 6.10 Å². The summed E-state index contributed by atoms with van der Waals surface area (Å²) in [6, 6.07) is 0. The van der Waals surface area contributed by atoms with E-state index in [1.807, 2.05) is 0 Å². The number of carboxylic acids is 1. The number of aliphatic carboxylic acids is 1. The molecule has 0 saturated heterocycles. The van der Waals surface area contributed by atoms with E-state index in [4.69, 9.17) is 25.5 Å². The van der Waals surface area contributed by atoms with Crippen LogP contribution in [0.25, 0.3) is 0 Å². The smallest absolute Gasteiger partial charge is 0.335 e. The van der Waals surface area contributed by atoms with E-state index in [1.54, 1.807) is 0 Å². The molecule has 0 bridgehead atoms. The second kappa shape index (κ2) is 29.2. The minimum atomic E-state index is -1.77. The molecule has 6 N–H and O–H groups in total. The third kappa shape index (κ3) is 30.6. The molecule has 232 valence electrons. The molecule has 39 heavy (non-hydrogen) atoms. The number of hydrogen-bond acceptors (Lipinski definition) is 10. The van der Waals surface area contributed by atoms with Gasteiger partial charge in [0.1, 0.15) is 25.4 Å². The van der Waals surface area contributed by atoms with E-state index in [0.29, 0.717) is 6.42 Å². The van der Waals surface area contributed by atoms with Crippen LogP contribution in [0.5, 0.6) is 0 Å². The zero-order valence-electron chi connectivity index (χ0n) is 23.8. The van der Waals surface area contributed by atoms with Crippen molar-refractivity contribution in [3.05, 3.63) is 0 Å². The first kappa shape index (κ1) is 39.4. The summed E-state index contributed by atoms with van der Waals surface area (Å²) in [5, 5.41) is 52.5. The second-order valence-corrected chi connectivity index (χ2v) is 9.80. The van der Waals surface area contributed by atoms with Crippen LogP contribution in [0.2, 0.25) is 0 Å². The summed E-state index contributed by atoms with van der Waals surface area (Å²) in [4.78, 5) is 32.6. The van der Waals surface area contributed by atoms with Gasteiger partial charge in [0.25, 0.3) is 0 Å². The van der Waals surface area contributed by atoms with Crippen LogP contribution >= 0.6 is 0 Å². The highest BCUT2D eigenvalue weighted by molar-refractivity contribution is 5.81. The normalized spacial score (nSPS) is 13.1. The molecule has 0 aromatic heterocycles. The molecule has 3 atom stereocenters. The van der Waals surface area contributed by atoms with Crippen molar-refractivity contribution < 1.29 is 54.5 Å². The fourth-order valence-electron chi connectivity index (χ4n) is 3.52. The van der Waals surface area contributed by atoms with Crippen LogP contribution in [0.4, 0.5) is 0 Å². The molecule has 0 aliphatic heterocycles. The summed E-state index contributed by atoms with van der Waals surface area (Å²) in [6.45, 7) is 0.110. The van der Waals surface area contributed by atoms with Gasteiger partial charge in [-0.2, -0.15) is 0 Å². The number of hydrogen-bond donors (Lipinski definition) is 6. The van der Waals surface area contributed by atoms with Gasteiger partial charge in [-0.3, -0.25) is 9.59 Å². The lowest BCUT2D eigenvalue weighted by molar-refractivity contribution is -0.163. The molecule has 0 saturated carbocycles. The molecular formula is C28H54O11. The number of carboxylic acid groups (broad SMARTS) is 1. The first-order chi connectivity index (χ1) is 18.7. The Balaban J connectivity index is 0. The molecule has 0 amide bonds. The van der Waals surface area contributed by atoms with Crippen LogP contribution in [0.3, 0.4) is 0 Å². The van der Waals surface area contributed by atoms with Crippen molar-refractivity contribution in [2.75, 3.05) is 26.4 Å². The molecule has 3 unspecified atom stereocenters. The van der Waals surface area contributed by atoms with Crippen molar-refractivity contribution in [2.45, 2.75) is 134 Å². The van der Waals surface area contributed by atoms with E-state index in [9.17, 15) is 19.5 Å². The lowest BCUT2D eigenvalue weighted by atomic mass is 10.0. The van der Waals surface area contributed by atoms with Crippen molar-refractivity contribution in [2.24, 2.45) is 0 Å². The maximum atomic E-state index is 11.1. The summed E-state index contributed by atoms with van der Waals surface area (Å²) in [5.74, 6) is -2.76. The van der Waals surface area contributed by atoms with E-state index < -0.39 is 69.1 Å². The van der Waals surface area contributed by atoms with Crippen LogP contribution in [0, 0.1) is 0 Å². The Morgan fingerprint density at radius 2 is 1.00 bits per heavy atom. The molecule has 0 aliphatic carbocycles. The summed E-state index contributed by atoms with van der Waals surface area (Å²) in [7, 11) is 0. The van der Waals surface area contributed by atoms with Crippen molar-refractivity contribution >= 4 is 17.9 Å². The third-order valence-electron chi connectivity index (χ3n) is 5.90. The Labute approximate surface area is 233 Å². The van der Waals surface area contributed by atoms with E-state index in [-0.39, 0.29) is 0 Å². The lowest BCUT2D eigenvalue weighted by Gasteiger charge is -2.13. The van der Waals surface area contributed by atoms with Crippen molar-refractivity contribution in [1.82, 2.24) is 0 Å². The zero-order chi connectivity index (χ0) is 29.7. The molecule has 11 nitrogen and oxygen atoms in total. The Morgan fingerprint density at radius 1 is 0.615 bits per heavy atom. The minimum absolute atomic E-state index is 0.345. The third-order valence-corrected chi connectivity index (χ3v) is 5.90. The van der Waals surface area contributed by atoms with E-state index in [2.05, 4.69) is 16.4 Å². The number of carbonyl (C=O) groups is 3. The zero-order valence-corrected chi connectivity index (χ0v) is 23.8. The number of aliphatic hydroxyl groups is 5. The SMILES string of the molecule is CCCCCCCCCCCCCCCCCC(=O)O.O=C(CC(O)C(=O)OCC(O)CO)OCC(O)CO. The van der Waals surface area contributed by atoms with Gasteiger partial charge in [0, 0.05) is 6.42 Å². The molecule has 0 fully saturated rings. The molecule has 11 heteroatoms. The van der Waals surface area contributed by atoms with Crippen LogP contribution in [0.15, 0.2) is 0 Å². The maximum absolute atomic E-state index is 11.1. The molecule has 0 spiro atoms. The number of rotatable bonds is 25.